The first kappa shape index (κ1) is 6.80. The van der Waals surface area contributed by atoms with Crippen LogP contribution in [-0.2, 0) is 6.42 Å². The Morgan fingerprint density at radius 1 is 1.80 bits per heavy atom. The number of hydrogen-bond acceptors (Lipinski definition) is 2. The van der Waals surface area contributed by atoms with Crippen molar-refractivity contribution in [3.05, 3.63) is 18.0 Å². The van der Waals surface area contributed by atoms with Crippen LogP contribution in [0, 0.1) is 5.41 Å². The third-order valence-electron chi connectivity index (χ3n) is 1.24. The van der Waals surface area contributed by atoms with E-state index in [-0.39, 0.29) is 5.84 Å². The Morgan fingerprint density at radius 3 is 3.10 bits per heavy atom. The van der Waals surface area contributed by atoms with Gasteiger partial charge in [-0.05, 0) is 12.0 Å². The fourth-order valence-corrected chi connectivity index (χ4v) is 0.693. The van der Waals surface area contributed by atoms with Crippen LogP contribution in [-0.4, -0.2) is 16.0 Å². The molecule has 0 aromatic carbocycles. The van der Waals surface area contributed by atoms with E-state index in [1.807, 2.05) is 6.20 Å². The second kappa shape index (κ2) is 3.00. The van der Waals surface area contributed by atoms with Crippen molar-refractivity contribution in [2.75, 3.05) is 0 Å². The van der Waals surface area contributed by atoms with Gasteiger partial charge in [0.2, 0.25) is 0 Å². The van der Waals surface area contributed by atoms with Crippen molar-refractivity contribution in [1.82, 2.24) is 10.2 Å². The van der Waals surface area contributed by atoms with Crippen LogP contribution >= 0.6 is 0 Å². The second-order valence-electron chi connectivity index (χ2n) is 2.13. The standard InChI is InChI=1S/C6H10N4/c7-6(8)2-1-5-3-9-10-4-5/h3-4H,1-2H2,(H3,7,8)(H,9,10). The van der Waals surface area contributed by atoms with Crippen LogP contribution in [0.3, 0.4) is 0 Å². The second-order valence-corrected chi connectivity index (χ2v) is 2.13. The zero-order valence-corrected chi connectivity index (χ0v) is 5.59. The summed E-state index contributed by atoms with van der Waals surface area (Å²) in [7, 11) is 0. The number of nitrogens with zero attached hydrogens (tertiary/aromatic N) is 1. The first-order chi connectivity index (χ1) is 4.79. The molecule has 54 valence electrons. The largest absolute Gasteiger partial charge is 0.388 e. The lowest BCUT2D eigenvalue weighted by atomic mass is 10.2. The maximum absolute atomic E-state index is 6.94. The molecule has 1 aromatic heterocycles. The van der Waals surface area contributed by atoms with Crippen molar-refractivity contribution in [3.63, 3.8) is 0 Å². The maximum atomic E-state index is 6.94. The highest BCUT2D eigenvalue weighted by molar-refractivity contribution is 5.76. The molecule has 0 spiro atoms. The Kier molecular flexibility index (Phi) is 2.04. The topological polar surface area (TPSA) is 78.6 Å². The van der Waals surface area contributed by atoms with E-state index in [1.165, 1.54) is 0 Å². The molecule has 0 aliphatic rings. The zero-order chi connectivity index (χ0) is 7.40. The number of aromatic nitrogens is 2. The molecular weight excluding hydrogens is 128 g/mol. The van der Waals surface area contributed by atoms with Gasteiger partial charge in [0, 0.05) is 12.6 Å². The normalized spacial score (nSPS) is 9.60. The predicted molar refractivity (Wildman–Crippen MR) is 38.8 cm³/mol. The van der Waals surface area contributed by atoms with Crippen LogP contribution in [0.1, 0.15) is 12.0 Å². The van der Waals surface area contributed by atoms with Gasteiger partial charge in [0.1, 0.15) is 0 Å². The van der Waals surface area contributed by atoms with Crippen molar-refractivity contribution in [3.8, 4) is 0 Å². The van der Waals surface area contributed by atoms with Crippen molar-refractivity contribution >= 4 is 5.84 Å². The Labute approximate surface area is 58.9 Å². The number of nitrogens with two attached hydrogens (primary N) is 1. The smallest absolute Gasteiger partial charge is 0.0908 e. The molecule has 0 saturated carbocycles. The monoisotopic (exact) mass is 138 g/mol. The van der Waals surface area contributed by atoms with Crippen molar-refractivity contribution < 1.29 is 0 Å². The van der Waals surface area contributed by atoms with Crippen LogP contribution in [0.5, 0.6) is 0 Å². The number of rotatable bonds is 3. The molecule has 0 radical (unpaired) electrons. The SMILES string of the molecule is N=C(N)CCc1cn[nH]c1. The third-order valence-corrected chi connectivity index (χ3v) is 1.24. The summed E-state index contributed by atoms with van der Waals surface area (Å²) in [6.45, 7) is 0. The fraction of sp³-hybridized carbons (Fsp3) is 0.333. The molecule has 0 bridgehead atoms. The Morgan fingerprint density at radius 2 is 2.60 bits per heavy atom. The molecule has 0 saturated heterocycles. The van der Waals surface area contributed by atoms with Crippen LogP contribution in [0.4, 0.5) is 0 Å². The summed E-state index contributed by atoms with van der Waals surface area (Å²) in [5.74, 6) is 0.223. The van der Waals surface area contributed by atoms with Gasteiger partial charge in [0.25, 0.3) is 0 Å². The van der Waals surface area contributed by atoms with E-state index >= 15 is 0 Å². The molecule has 0 fully saturated rings. The average Bonchev–Trinajstić information content (AvgIpc) is 2.34. The van der Waals surface area contributed by atoms with Gasteiger partial charge in [0.05, 0.1) is 12.0 Å². The van der Waals surface area contributed by atoms with Gasteiger partial charge in [-0.15, -0.1) is 0 Å². The van der Waals surface area contributed by atoms with Gasteiger partial charge in [0.15, 0.2) is 0 Å². The minimum Gasteiger partial charge on any atom is -0.388 e. The van der Waals surface area contributed by atoms with Gasteiger partial charge < -0.3 is 5.73 Å². The highest BCUT2D eigenvalue weighted by Gasteiger charge is 1.93. The van der Waals surface area contributed by atoms with Crippen molar-refractivity contribution in [2.45, 2.75) is 12.8 Å². The molecule has 4 N–H and O–H groups in total. The molecule has 0 unspecified atom stereocenters. The number of aromatic amines is 1. The van der Waals surface area contributed by atoms with Gasteiger partial charge in [-0.3, -0.25) is 10.5 Å². The number of hydrogen-bond donors (Lipinski definition) is 3. The van der Waals surface area contributed by atoms with Crippen molar-refractivity contribution in [2.24, 2.45) is 5.73 Å². The number of amidine groups is 1. The summed E-state index contributed by atoms with van der Waals surface area (Å²) in [5, 5.41) is 13.4. The third kappa shape index (κ3) is 1.89. The highest BCUT2D eigenvalue weighted by Crippen LogP contribution is 1.97. The lowest BCUT2D eigenvalue weighted by molar-refractivity contribution is 1.02. The minimum absolute atomic E-state index is 0.223. The van der Waals surface area contributed by atoms with Gasteiger partial charge in [-0.2, -0.15) is 5.10 Å². The fourth-order valence-electron chi connectivity index (χ4n) is 0.693. The zero-order valence-electron chi connectivity index (χ0n) is 5.59. The summed E-state index contributed by atoms with van der Waals surface area (Å²) in [6.07, 6.45) is 4.96. The van der Waals surface area contributed by atoms with Crippen LogP contribution < -0.4 is 5.73 Å². The summed E-state index contributed by atoms with van der Waals surface area (Å²) >= 11 is 0. The number of nitrogens with one attached hydrogen (secondary N) is 2. The van der Waals surface area contributed by atoms with E-state index in [9.17, 15) is 0 Å². The van der Waals surface area contributed by atoms with Gasteiger partial charge >= 0.3 is 0 Å². The summed E-state index contributed by atoms with van der Waals surface area (Å²) in [5.41, 5.74) is 6.25. The van der Waals surface area contributed by atoms with E-state index in [4.69, 9.17) is 11.1 Å². The molecule has 0 aliphatic heterocycles. The highest BCUT2D eigenvalue weighted by atomic mass is 15.1. The average molecular weight is 138 g/mol. The Bertz CT molecular complexity index is 202. The Balaban J connectivity index is 2.35. The maximum Gasteiger partial charge on any atom is 0.0908 e. The van der Waals surface area contributed by atoms with E-state index in [0.717, 1.165) is 12.0 Å². The summed E-state index contributed by atoms with van der Waals surface area (Å²) < 4.78 is 0. The molecule has 1 aromatic rings. The van der Waals surface area contributed by atoms with Gasteiger partial charge in [-0.25, -0.2) is 0 Å². The first-order valence-electron chi connectivity index (χ1n) is 3.09. The van der Waals surface area contributed by atoms with Crippen molar-refractivity contribution in [1.29, 1.82) is 5.41 Å². The quantitative estimate of drug-likeness (QED) is 0.414. The predicted octanol–water partition coefficient (Wildman–Crippen LogP) is 0.278. The van der Waals surface area contributed by atoms with Crippen LogP contribution in [0.15, 0.2) is 12.4 Å². The molecule has 1 heterocycles. The van der Waals surface area contributed by atoms with E-state index in [0.29, 0.717) is 6.42 Å². The first-order valence-corrected chi connectivity index (χ1v) is 3.09. The molecule has 4 nitrogen and oxygen atoms in total. The van der Waals surface area contributed by atoms with Crippen LogP contribution in [0.2, 0.25) is 0 Å². The molecule has 10 heavy (non-hydrogen) atoms. The van der Waals surface area contributed by atoms with E-state index in [2.05, 4.69) is 10.2 Å². The minimum atomic E-state index is 0.223. The Hall–Kier alpha value is -1.32. The molecule has 1 rings (SSSR count). The lowest BCUT2D eigenvalue weighted by Crippen LogP contribution is -2.09. The lowest BCUT2D eigenvalue weighted by Gasteiger charge is -1.92. The van der Waals surface area contributed by atoms with Gasteiger partial charge in [-0.1, -0.05) is 0 Å². The summed E-state index contributed by atoms with van der Waals surface area (Å²) in [6, 6.07) is 0. The molecule has 0 amide bonds. The number of aryl methyl sites for hydroxylation is 1. The molecular formula is C6H10N4. The molecule has 0 atom stereocenters. The number of H-pyrrole nitrogens is 1. The molecule has 4 heteroatoms. The van der Waals surface area contributed by atoms with E-state index in [1.54, 1.807) is 6.20 Å². The summed E-state index contributed by atoms with van der Waals surface area (Å²) in [4.78, 5) is 0. The van der Waals surface area contributed by atoms with E-state index < -0.39 is 0 Å². The molecule has 0 aliphatic carbocycles. The van der Waals surface area contributed by atoms with Crippen LogP contribution in [0.25, 0.3) is 0 Å².